The molecule has 1 nitrogen and oxygen atoms in total. The molecule has 1 aromatic carbocycles. The SMILES string of the molecule is CSc1cc(Br)c2ccsc2c1O. The van der Waals surface area contributed by atoms with E-state index in [2.05, 4.69) is 15.9 Å². The fourth-order valence-electron chi connectivity index (χ4n) is 1.21. The number of fused-ring (bicyclic) bond motifs is 1. The van der Waals surface area contributed by atoms with Crippen LogP contribution in [-0.4, -0.2) is 11.4 Å². The first-order valence-corrected chi connectivity index (χ1v) is 6.56. The van der Waals surface area contributed by atoms with Crippen molar-refractivity contribution in [3.8, 4) is 5.75 Å². The summed E-state index contributed by atoms with van der Waals surface area (Å²) in [5.41, 5.74) is 0. The first-order valence-electron chi connectivity index (χ1n) is 3.66. The average Bonchev–Trinajstić information content (AvgIpc) is 2.60. The Morgan fingerprint density at radius 3 is 3.00 bits per heavy atom. The number of phenols is 1. The molecule has 0 unspecified atom stereocenters. The number of hydrogen-bond donors (Lipinski definition) is 1. The highest BCUT2D eigenvalue weighted by atomic mass is 79.9. The summed E-state index contributed by atoms with van der Waals surface area (Å²) in [6, 6.07) is 3.96. The minimum atomic E-state index is 0.403. The first kappa shape index (κ1) is 9.37. The third-order valence-corrected chi connectivity index (χ3v) is 4.18. The number of thiophene rings is 1. The van der Waals surface area contributed by atoms with E-state index in [-0.39, 0.29) is 0 Å². The number of halogens is 1. The second-order valence-corrected chi connectivity index (χ2v) is 5.19. The summed E-state index contributed by atoms with van der Waals surface area (Å²) in [6.07, 6.45) is 1.96. The minimum Gasteiger partial charge on any atom is -0.505 e. The molecule has 0 amide bonds. The van der Waals surface area contributed by atoms with Crippen molar-refractivity contribution in [1.29, 1.82) is 0 Å². The molecular weight excluding hydrogens is 268 g/mol. The second kappa shape index (κ2) is 3.52. The fourth-order valence-corrected chi connectivity index (χ4v) is 3.51. The van der Waals surface area contributed by atoms with Gasteiger partial charge < -0.3 is 5.11 Å². The maximum atomic E-state index is 9.83. The number of benzene rings is 1. The van der Waals surface area contributed by atoms with Crippen LogP contribution in [0, 0.1) is 0 Å². The Morgan fingerprint density at radius 2 is 2.31 bits per heavy atom. The first-order chi connectivity index (χ1) is 6.24. The fraction of sp³-hybridized carbons (Fsp3) is 0.111. The van der Waals surface area contributed by atoms with Crippen molar-refractivity contribution in [2.75, 3.05) is 6.26 Å². The van der Waals surface area contributed by atoms with Gasteiger partial charge in [-0.3, -0.25) is 0 Å². The lowest BCUT2D eigenvalue weighted by Crippen LogP contribution is -1.75. The summed E-state index contributed by atoms with van der Waals surface area (Å²) in [6.45, 7) is 0. The Morgan fingerprint density at radius 1 is 1.54 bits per heavy atom. The van der Waals surface area contributed by atoms with Crippen LogP contribution in [0.1, 0.15) is 0 Å². The molecule has 0 aliphatic carbocycles. The number of aromatic hydroxyl groups is 1. The third kappa shape index (κ3) is 1.47. The zero-order chi connectivity index (χ0) is 9.42. The van der Waals surface area contributed by atoms with Gasteiger partial charge in [0.1, 0.15) is 5.75 Å². The molecule has 1 N–H and O–H groups in total. The van der Waals surface area contributed by atoms with Crippen molar-refractivity contribution in [2.24, 2.45) is 0 Å². The molecule has 0 saturated carbocycles. The summed E-state index contributed by atoms with van der Waals surface area (Å²) in [5.74, 6) is 0.403. The quantitative estimate of drug-likeness (QED) is 0.791. The summed E-state index contributed by atoms with van der Waals surface area (Å²) in [5, 5.41) is 12.9. The normalized spacial score (nSPS) is 10.9. The van der Waals surface area contributed by atoms with Gasteiger partial charge >= 0.3 is 0 Å². The van der Waals surface area contributed by atoms with E-state index in [4.69, 9.17) is 0 Å². The van der Waals surface area contributed by atoms with E-state index in [9.17, 15) is 5.11 Å². The van der Waals surface area contributed by atoms with Gasteiger partial charge in [0.15, 0.2) is 0 Å². The molecule has 68 valence electrons. The molecular formula is C9H7BrOS2. The van der Waals surface area contributed by atoms with E-state index in [1.807, 2.05) is 23.8 Å². The second-order valence-electron chi connectivity index (χ2n) is 2.57. The van der Waals surface area contributed by atoms with Crippen LogP contribution in [0.15, 0.2) is 26.9 Å². The van der Waals surface area contributed by atoms with Crippen LogP contribution in [0.2, 0.25) is 0 Å². The monoisotopic (exact) mass is 274 g/mol. The number of thioether (sulfide) groups is 1. The van der Waals surface area contributed by atoms with Crippen LogP contribution >= 0.6 is 39.0 Å². The number of rotatable bonds is 1. The largest absolute Gasteiger partial charge is 0.505 e. The molecule has 0 fully saturated rings. The van der Waals surface area contributed by atoms with Gasteiger partial charge in [-0.25, -0.2) is 0 Å². The lowest BCUT2D eigenvalue weighted by Gasteiger charge is -2.03. The average molecular weight is 275 g/mol. The Hall–Kier alpha value is -0.190. The van der Waals surface area contributed by atoms with Gasteiger partial charge in [0.2, 0.25) is 0 Å². The van der Waals surface area contributed by atoms with Crippen molar-refractivity contribution >= 4 is 49.1 Å². The van der Waals surface area contributed by atoms with Crippen LogP contribution in [0.25, 0.3) is 10.1 Å². The van der Waals surface area contributed by atoms with Crippen LogP contribution in [0.4, 0.5) is 0 Å². The van der Waals surface area contributed by atoms with Gasteiger partial charge in [-0.2, -0.15) is 0 Å². The van der Waals surface area contributed by atoms with Crippen molar-refractivity contribution in [3.63, 3.8) is 0 Å². The standard InChI is InChI=1S/C9H7BrOS2/c1-12-7-4-6(10)5-2-3-13-9(5)8(7)11/h2-4,11H,1H3. The molecule has 1 heterocycles. The molecule has 0 bridgehead atoms. The lowest BCUT2D eigenvalue weighted by molar-refractivity contribution is 0.470. The molecule has 2 aromatic rings. The van der Waals surface area contributed by atoms with Gasteiger partial charge in [0.25, 0.3) is 0 Å². The van der Waals surface area contributed by atoms with E-state index in [1.54, 1.807) is 23.1 Å². The molecule has 4 heteroatoms. The van der Waals surface area contributed by atoms with Crippen molar-refractivity contribution in [2.45, 2.75) is 4.90 Å². The Bertz CT molecular complexity index is 450. The van der Waals surface area contributed by atoms with Gasteiger partial charge in [-0.15, -0.1) is 23.1 Å². The van der Waals surface area contributed by atoms with Crippen LogP contribution in [0.3, 0.4) is 0 Å². The zero-order valence-corrected chi connectivity index (χ0v) is 10.1. The molecule has 0 aliphatic rings. The van der Waals surface area contributed by atoms with Gasteiger partial charge in [0.05, 0.1) is 9.60 Å². The highest BCUT2D eigenvalue weighted by Gasteiger charge is 2.09. The van der Waals surface area contributed by atoms with E-state index < -0.39 is 0 Å². The molecule has 2 rings (SSSR count). The van der Waals surface area contributed by atoms with E-state index in [0.29, 0.717) is 5.75 Å². The highest BCUT2D eigenvalue weighted by Crippen LogP contribution is 2.41. The van der Waals surface area contributed by atoms with Gasteiger partial charge in [0, 0.05) is 9.86 Å². The molecule has 0 saturated heterocycles. The summed E-state index contributed by atoms with van der Waals surface area (Å²) >= 11 is 6.60. The molecule has 0 aliphatic heterocycles. The van der Waals surface area contributed by atoms with Crippen molar-refractivity contribution in [1.82, 2.24) is 0 Å². The number of phenolic OH excluding ortho intramolecular Hbond substituents is 1. The zero-order valence-electron chi connectivity index (χ0n) is 6.87. The predicted octanol–water partition coefficient (Wildman–Crippen LogP) is 4.09. The molecule has 1 aromatic heterocycles. The van der Waals surface area contributed by atoms with Crippen molar-refractivity contribution in [3.05, 3.63) is 22.0 Å². The minimum absolute atomic E-state index is 0.403. The van der Waals surface area contributed by atoms with Crippen molar-refractivity contribution < 1.29 is 5.11 Å². The summed E-state index contributed by atoms with van der Waals surface area (Å²) < 4.78 is 2.00. The third-order valence-electron chi connectivity index (χ3n) is 1.85. The molecule has 0 atom stereocenters. The smallest absolute Gasteiger partial charge is 0.146 e. The molecule has 0 spiro atoms. The molecule has 13 heavy (non-hydrogen) atoms. The lowest BCUT2D eigenvalue weighted by atomic mass is 10.2. The van der Waals surface area contributed by atoms with Gasteiger partial charge in [-0.05, 0) is 23.8 Å². The topological polar surface area (TPSA) is 20.2 Å². The van der Waals surface area contributed by atoms with Crippen LogP contribution in [-0.2, 0) is 0 Å². The van der Waals surface area contributed by atoms with E-state index >= 15 is 0 Å². The maximum absolute atomic E-state index is 9.83. The Kier molecular flexibility index (Phi) is 2.53. The van der Waals surface area contributed by atoms with E-state index in [1.165, 1.54) is 0 Å². The Balaban J connectivity index is 2.85. The number of hydrogen-bond acceptors (Lipinski definition) is 3. The van der Waals surface area contributed by atoms with Gasteiger partial charge in [-0.1, -0.05) is 15.9 Å². The summed E-state index contributed by atoms with van der Waals surface area (Å²) in [7, 11) is 0. The van der Waals surface area contributed by atoms with Crippen LogP contribution < -0.4 is 0 Å². The van der Waals surface area contributed by atoms with E-state index in [0.717, 1.165) is 19.5 Å². The van der Waals surface area contributed by atoms with Crippen LogP contribution in [0.5, 0.6) is 5.75 Å². The maximum Gasteiger partial charge on any atom is 0.146 e. The molecule has 0 radical (unpaired) electrons. The highest BCUT2D eigenvalue weighted by molar-refractivity contribution is 9.10. The Labute approximate surface area is 92.9 Å². The summed E-state index contributed by atoms with van der Waals surface area (Å²) in [4.78, 5) is 0.918. The predicted molar refractivity (Wildman–Crippen MR) is 63.0 cm³/mol.